The Hall–Kier alpha value is -2.09. The minimum absolute atomic E-state index is 0.126. The van der Waals surface area contributed by atoms with Gasteiger partial charge in [-0.15, -0.1) is 0 Å². The first kappa shape index (κ1) is 13.0. The van der Waals surface area contributed by atoms with E-state index in [1.807, 2.05) is 19.9 Å². The van der Waals surface area contributed by atoms with E-state index in [4.69, 9.17) is 10.4 Å². The van der Waals surface area contributed by atoms with Crippen molar-refractivity contribution in [3.05, 3.63) is 24.0 Å². The van der Waals surface area contributed by atoms with E-state index in [0.29, 0.717) is 23.7 Å². The topological polar surface area (TPSA) is 77.2 Å². The van der Waals surface area contributed by atoms with Gasteiger partial charge in [0, 0.05) is 12.7 Å². The van der Waals surface area contributed by atoms with Crippen LogP contribution in [-0.2, 0) is 4.79 Å². The molecule has 1 heterocycles. The third-order valence-electron chi connectivity index (χ3n) is 2.17. The minimum Gasteiger partial charge on any atom is -0.480 e. The van der Waals surface area contributed by atoms with E-state index in [-0.39, 0.29) is 6.54 Å². The summed E-state index contributed by atoms with van der Waals surface area (Å²) in [7, 11) is 0. The van der Waals surface area contributed by atoms with Gasteiger partial charge in [0.1, 0.15) is 12.6 Å². The van der Waals surface area contributed by atoms with Crippen LogP contribution in [0, 0.1) is 17.2 Å². The van der Waals surface area contributed by atoms with Crippen molar-refractivity contribution in [2.45, 2.75) is 13.8 Å². The number of carbonyl (C=O) groups is 1. The molecule has 0 aromatic carbocycles. The van der Waals surface area contributed by atoms with Crippen LogP contribution in [0.2, 0.25) is 0 Å². The van der Waals surface area contributed by atoms with E-state index < -0.39 is 5.97 Å². The second-order valence-electron chi connectivity index (χ2n) is 4.17. The lowest BCUT2D eigenvalue weighted by atomic mass is 10.1. The second-order valence-corrected chi connectivity index (χ2v) is 4.17. The molecule has 0 aliphatic rings. The molecule has 5 nitrogen and oxygen atoms in total. The molecule has 90 valence electrons. The molecule has 1 aromatic rings. The highest BCUT2D eigenvalue weighted by molar-refractivity contribution is 5.74. The lowest BCUT2D eigenvalue weighted by Gasteiger charge is -2.25. The Labute approximate surface area is 100 Å². The molecular formula is C12H15N3O2. The van der Waals surface area contributed by atoms with Gasteiger partial charge < -0.3 is 10.0 Å². The summed E-state index contributed by atoms with van der Waals surface area (Å²) < 4.78 is 0. The molecule has 0 fully saturated rings. The molecule has 0 saturated heterocycles. The summed E-state index contributed by atoms with van der Waals surface area (Å²) in [6.45, 7) is 4.44. The number of nitrogens with zero attached hydrogens (tertiary/aromatic N) is 3. The Morgan fingerprint density at radius 3 is 2.88 bits per heavy atom. The van der Waals surface area contributed by atoms with Crippen LogP contribution in [0.1, 0.15) is 19.4 Å². The highest BCUT2D eigenvalue weighted by Crippen LogP contribution is 2.19. The number of nitriles is 1. The van der Waals surface area contributed by atoms with Crippen molar-refractivity contribution in [1.29, 1.82) is 5.26 Å². The van der Waals surface area contributed by atoms with E-state index >= 15 is 0 Å². The van der Waals surface area contributed by atoms with Crippen molar-refractivity contribution in [3.8, 4) is 6.07 Å². The van der Waals surface area contributed by atoms with Gasteiger partial charge in [-0.2, -0.15) is 5.26 Å². The molecule has 0 unspecified atom stereocenters. The van der Waals surface area contributed by atoms with Gasteiger partial charge in [0.2, 0.25) is 0 Å². The van der Waals surface area contributed by atoms with E-state index in [0.717, 1.165) is 0 Å². The number of hydrogen-bond donors (Lipinski definition) is 1. The smallest absolute Gasteiger partial charge is 0.323 e. The summed E-state index contributed by atoms with van der Waals surface area (Å²) in [5.41, 5.74) is 1.02. The average Bonchev–Trinajstić information content (AvgIpc) is 2.27. The van der Waals surface area contributed by atoms with Crippen LogP contribution >= 0.6 is 0 Å². The lowest BCUT2D eigenvalue weighted by molar-refractivity contribution is -0.135. The maximum Gasteiger partial charge on any atom is 0.323 e. The third kappa shape index (κ3) is 3.76. The number of anilines is 1. The van der Waals surface area contributed by atoms with E-state index in [1.54, 1.807) is 11.0 Å². The monoisotopic (exact) mass is 233 g/mol. The lowest BCUT2D eigenvalue weighted by Crippen LogP contribution is -2.33. The van der Waals surface area contributed by atoms with Crippen molar-refractivity contribution >= 4 is 11.7 Å². The fraction of sp³-hybridized carbons (Fsp3) is 0.417. The van der Waals surface area contributed by atoms with Gasteiger partial charge in [-0.05, 0) is 12.0 Å². The largest absolute Gasteiger partial charge is 0.480 e. The van der Waals surface area contributed by atoms with Gasteiger partial charge in [0.05, 0.1) is 17.4 Å². The molecule has 0 amide bonds. The number of pyridine rings is 1. The zero-order valence-electron chi connectivity index (χ0n) is 9.92. The molecule has 1 rings (SSSR count). The van der Waals surface area contributed by atoms with Crippen LogP contribution in [0.25, 0.3) is 0 Å². The Balaban J connectivity index is 3.03. The number of aromatic nitrogens is 1. The van der Waals surface area contributed by atoms with E-state index in [2.05, 4.69) is 4.98 Å². The molecule has 0 radical (unpaired) electrons. The summed E-state index contributed by atoms with van der Waals surface area (Å²) in [6.07, 6.45) is 3.06. The number of carboxylic acid groups (broad SMARTS) is 1. The normalized spacial score (nSPS) is 10.0. The van der Waals surface area contributed by atoms with Crippen molar-refractivity contribution < 1.29 is 9.90 Å². The quantitative estimate of drug-likeness (QED) is 0.833. The summed E-state index contributed by atoms with van der Waals surface area (Å²) >= 11 is 0. The zero-order chi connectivity index (χ0) is 12.8. The fourth-order valence-corrected chi connectivity index (χ4v) is 1.58. The Bertz CT molecular complexity index is 438. The zero-order valence-corrected chi connectivity index (χ0v) is 9.92. The van der Waals surface area contributed by atoms with Crippen molar-refractivity contribution in [2.24, 2.45) is 5.92 Å². The molecule has 0 atom stereocenters. The molecule has 0 saturated carbocycles. The first-order valence-electron chi connectivity index (χ1n) is 5.35. The SMILES string of the molecule is CC(C)CN(CC(=O)O)c1cnccc1C#N. The number of aliphatic carboxylic acids is 1. The molecule has 1 N–H and O–H groups in total. The summed E-state index contributed by atoms with van der Waals surface area (Å²) in [5.74, 6) is -0.612. The minimum atomic E-state index is -0.918. The van der Waals surface area contributed by atoms with E-state index in [9.17, 15) is 4.79 Å². The highest BCUT2D eigenvalue weighted by atomic mass is 16.4. The van der Waals surface area contributed by atoms with Crippen LogP contribution in [0.5, 0.6) is 0 Å². The van der Waals surface area contributed by atoms with Gasteiger partial charge >= 0.3 is 5.97 Å². The first-order valence-corrected chi connectivity index (χ1v) is 5.35. The molecule has 0 aliphatic heterocycles. The summed E-state index contributed by atoms with van der Waals surface area (Å²) in [5, 5.41) is 17.9. The maximum absolute atomic E-state index is 10.8. The van der Waals surface area contributed by atoms with Gasteiger partial charge in [-0.3, -0.25) is 9.78 Å². The van der Waals surface area contributed by atoms with Crippen LogP contribution in [-0.4, -0.2) is 29.1 Å². The summed E-state index contributed by atoms with van der Waals surface area (Å²) in [6, 6.07) is 3.64. The molecule has 5 heteroatoms. The Morgan fingerprint density at radius 2 is 2.35 bits per heavy atom. The average molecular weight is 233 g/mol. The van der Waals surface area contributed by atoms with Crippen LogP contribution < -0.4 is 4.90 Å². The van der Waals surface area contributed by atoms with Crippen molar-refractivity contribution in [2.75, 3.05) is 18.0 Å². The van der Waals surface area contributed by atoms with Crippen LogP contribution in [0.4, 0.5) is 5.69 Å². The molecule has 0 aliphatic carbocycles. The predicted octanol–water partition coefficient (Wildman–Crippen LogP) is 1.50. The molecule has 17 heavy (non-hydrogen) atoms. The Kier molecular flexibility index (Phi) is 4.46. The van der Waals surface area contributed by atoms with E-state index in [1.165, 1.54) is 12.4 Å². The molecule has 0 spiro atoms. The van der Waals surface area contributed by atoms with Crippen molar-refractivity contribution in [1.82, 2.24) is 4.98 Å². The van der Waals surface area contributed by atoms with Gasteiger partial charge in [-0.1, -0.05) is 13.8 Å². The Morgan fingerprint density at radius 1 is 1.65 bits per heavy atom. The molecular weight excluding hydrogens is 218 g/mol. The predicted molar refractivity (Wildman–Crippen MR) is 63.6 cm³/mol. The molecule has 0 bridgehead atoms. The van der Waals surface area contributed by atoms with Crippen molar-refractivity contribution in [3.63, 3.8) is 0 Å². The van der Waals surface area contributed by atoms with Gasteiger partial charge in [-0.25, -0.2) is 0 Å². The standard InChI is InChI=1S/C12H15N3O2/c1-9(2)7-15(8-12(16)17)11-6-14-4-3-10(11)5-13/h3-4,6,9H,7-8H2,1-2H3,(H,16,17). The number of hydrogen-bond acceptors (Lipinski definition) is 4. The van der Waals surface area contributed by atoms with Gasteiger partial charge in [0.15, 0.2) is 0 Å². The van der Waals surface area contributed by atoms with Crippen LogP contribution in [0.15, 0.2) is 18.5 Å². The third-order valence-corrected chi connectivity index (χ3v) is 2.17. The number of rotatable bonds is 5. The maximum atomic E-state index is 10.8. The fourth-order valence-electron chi connectivity index (χ4n) is 1.58. The van der Waals surface area contributed by atoms with Crippen LogP contribution in [0.3, 0.4) is 0 Å². The first-order chi connectivity index (χ1) is 8.04. The molecule has 1 aromatic heterocycles. The second kappa shape index (κ2) is 5.85. The highest BCUT2D eigenvalue weighted by Gasteiger charge is 2.15. The summed E-state index contributed by atoms with van der Waals surface area (Å²) in [4.78, 5) is 16.4. The number of carboxylic acids is 1. The van der Waals surface area contributed by atoms with Gasteiger partial charge in [0.25, 0.3) is 0 Å².